The van der Waals surface area contributed by atoms with Crippen LogP contribution in [0.5, 0.6) is 0 Å². The van der Waals surface area contributed by atoms with E-state index >= 15 is 0 Å². The van der Waals surface area contributed by atoms with Crippen LogP contribution in [0.25, 0.3) is 0 Å². The number of rotatable bonds is 3. The predicted molar refractivity (Wildman–Crippen MR) is 95.5 cm³/mol. The number of ketones is 1. The summed E-state index contributed by atoms with van der Waals surface area (Å²) in [6, 6.07) is 12.8. The van der Waals surface area contributed by atoms with Crippen LogP contribution < -0.4 is 4.90 Å². The highest BCUT2D eigenvalue weighted by Gasteiger charge is 2.57. The van der Waals surface area contributed by atoms with Crippen LogP contribution in [0.3, 0.4) is 0 Å². The van der Waals surface area contributed by atoms with Gasteiger partial charge in [-0.1, -0.05) is 58.7 Å². The fraction of sp³-hybridized carbons (Fsp3) is 0.111. The molecule has 2 aliphatic rings. The van der Waals surface area contributed by atoms with Gasteiger partial charge in [-0.15, -0.1) is 0 Å². The highest BCUT2D eigenvalue weighted by molar-refractivity contribution is 6.52. The zero-order chi connectivity index (χ0) is 18.4. The number of halogens is 2. The fourth-order valence-corrected chi connectivity index (χ4v) is 3.37. The van der Waals surface area contributed by atoms with E-state index in [0.29, 0.717) is 10.6 Å². The van der Waals surface area contributed by atoms with E-state index in [-0.39, 0.29) is 16.4 Å². The first-order valence-corrected chi connectivity index (χ1v) is 8.41. The second kappa shape index (κ2) is 6.23. The normalized spacial score (nSPS) is 21.5. The van der Waals surface area contributed by atoms with Crippen LogP contribution >= 0.6 is 23.2 Å². The van der Waals surface area contributed by atoms with Gasteiger partial charge in [0.1, 0.15) is 11.6 Å². The summed E-state index contributed by atoms with van der Waals surface area (Å²) in [7, 11) is 0. The van der Waals surface area contributed by atoms with Crippen molar-refractivity contribution in [1.29, 1.82) is 0 Å². The van der Waals surface area contributed by atoms with Crippen LogP contribution in [0.15, 0.2) is 53.7 Å². The molecule has 0 spiro atoms. The molecule has 130 valence electrons. The molecule has 2 aliphatic heterocycles. The Hall–Kier alpha value is -2.70. The summed E-state index contributed by atoms with van der Waals surface area (Å²) in [6.45, 7) is 0. The van der Waals surface area contributed by atoms with Crippen molar-refractivity contribution in [2.75, 3.05) is 4.90 Å². The molecule has 0 N–H and O–H groups in total. The Balaban J connectivity index is 1.70. The number of nitrogens with zero attached hydrogens (tertiary/aromatic N) is 2. The Bertz CT molecular complexity index is 974. The number of hydrogen-bond donors (Lipinski definition) is 0. The van der Waals surface area contributed by atoms with Crippen molar-refractivity contribution in [2.24, 2.45) is 11.1 Å². The fourth-order valence-electron chi connectivity index (χ4n) is 3.00. The third kappa shape index (κ3) is 2.50. The molecular formula is C18H10Cl2N2O4. The van der Waals surface area contributed by atoms with Gasteiger partial charge in [-0.3, -0.25) is 14.4 Å². The molecule has 6 nitrogen and oxygen atoms in total. The number of anilines is 1. The molecule has 1 saturated heterocycles. The number of amides is 2. The van der Waals surface area contributed by atoms with E-state index in [0.717, 1.165) is 4.90 Å². The Labute approximate surface area is 157 Å². The zero-order valence-electron chi connectivity index (χ0n) is 13.1. The largest absolute Gasteiger partial charge is 0.381 e. The molecule has 2 amide bonds. The number of carbonyl (C=O) groups is 3. The summed E-state index contributed by atoms with van der Waals surface area (Å²) >= 11 is 12.1. The van der Waals surface area contributed by atoms with Gasteiger partial charge in [0.15, 0.2) is 0 Å². The van der Waals surface area contributed by atoms with Crippen molar-refractivity contribution in [1.82, 2.24) is 0 Å². The molecule has 2 heterocycles. The molecule has 26 heavy (non-hydrogen) atoms. The third-order valence-electron chi connectivity index (χ3n) is 4.23. The summed E-state index contributed by atoms with van der Waals surface area (Å²) in [5.74, 6) is -2.82. The number of fused-ring (bicyclic) bond motifs is 1. The molecule has 0 saturated carbocycles. The van der Waals surface area contributed by atoms with E-state index in [9.17, 15) is 14.4 Å². The Morgan fingerprint density at radius 3 is 2.50 bits per heavy atom. The van der Waals surface area contributed by atoms with Crippen molar-refractivity contribution in [2.45, 2.75) is 6.10 Å². The van der Waals surface area contributed by atoms with E-state index in [2.05, 4.69) is 5.16 Å². The van der Waals surface area contributed by atoms with Gasteiger partial charge in [0.2, 0.25) is 17.8 Å². The van der Waals surface area contributed by atoms with Gasteiger partial charge in [0.25, 0.3) is 5.91 Å². The van der Waals surface area contributed by atoms with Gasteiger partial charge in [-0.05, 0) is 18.2 Å². The lowest BCUT2D eigenvalue weighted by Crippen LogP contribution is -2.34. The highest BCUT2D eigenvalue weighted by atomic mass is 35.5. The van der Waals surface area contributed by atoms with Gasteiger partial charge in [0.05, 0.1) is 10.7 Å². The zero-order valence-corrected chi connectivity index (χ0v) is 14.6. The maximum Gasteiger partial charge on any atom is 0.279 e. The van der Waals surface area contributed by atoms with Crippen molar-refractivity contribution in [3.8, 4) is 0 Å². The second-order valence-electron chi connectivity index (χ2n) is 5.78. The summed E-state index contributed by atoms with van der Waals surface area (Å²) in [6.07, 6.45) is -1.18. The third-order valence-corrected chi connectivity index (χ3v) is 4.78. The molecule has 0 bridgehead atoms. The summed E-state index contributed by atoms with van der Waals surface area (Å²) < 4.78 is 0. The van der Waals surface area contributed by atoms with Crippen LogP contribution in [0.1, 0.15) is 10.4 Å². The molecule has 0 aromatic heterocycles. The predicted octanol–water partition coefficient (Wildman–Crippen LogP) is 3.12. The number of oxime groups is 1. The van der Waals surface area contributed by atoms with E-state index < -0.39 is 29.6 Å². The first-order valence-electron chi connectivity index (χ1n) is 7.65. The molecule has 2 aromatic carbocycles. The van der Waals surface area contributed by atoms with Gasteiger partial charge in [-0.2, -0.15) is 0 Å². The average Bonchev–Trinajstić information content (AvgIpc) is 3.18. The van der Waals surface area contributed by atoms with Crippen molar-refractivity contribution < 1.29 is 19.2 Å². The van der Waals surface area contributed by atoms with E-state index in [1.165, 1.54) is 12.1 Å². The maximum atomic E-state index is 12.9. The Morgan fingerprint density at radius 1 is 1.04 bits per heavy atom. The first-order chi connectivity index (χ1) is 12.5. The monoisotopic (exact) mass is 388 g/mol. The molecule has 0 radical (unpaired) electrons. The Kier molecular flexibility index (Phi) is 4.01. The van der Waals surface area contributed by atoms with Crippen LogP contribution in [-0.4, -0.2) is 29.4 Å². The van der Waals surface area contributed by atoms with Gasteiger partial charge < -0.3 is 4.84 Å². The average molecular weight is 389 g/mol. The number of hydrogen-bond acceptors (Lipinski definition) is 5. The lowest BCUT2D eigenvalue weighted by Gasteiger charge is -2.17. The molecule has 8 heteroatoms. The van der Waals surface area contributed by atoms with E-state index in [1.807, 2.05) is 0 Å². The van der Waals surface area contributed by atoms with Crippen LogP contribution in [-0.2, 0) is 14.4 Å². The number of benzene rings is 2. The smallest absolute Gasteiger partial charge is 0.279 e. The lowest BCUT2D eigenvalue weighted by molar-refractivity contribution is -0.126. The van der Waals surface area contributed by atoms with Crippen molar-refractivity contribution >= 4 is 52.2 Å². The summed E-state index contributed by atoms with van der Waals surface area (Å²) in [4.78, 5) is 44.2. The van der Waals surface area contributed by atoms with Gasteiger partial charge in [0, 0.05) is 10.6 Å². The molecule has 1 fully saturated rings. The summed E-state index contributed by atoms with van der Waals surface area (Å²) in [5, 5.41) is 4.21. The van der Waals surface area contributed by atoms with Crippen molar-refractivity contribution in [3.05, 3.63) is 64.1 Å². The van der Waals surface area contributed by atoms with E-state index in [4.69, 9.17) is 28.0 Å². The second-order valence-corrected chi connectivity index (χ2v) is 6.63. The van der Waals surface area contributed by atoms with Crippen molar-refractivity contribution in [3.63, 3.8) is 0 Å². The standard InChI is InChI=1S/C18H10Cl2N2O4/c19-10-6-7-11(20)12(8-10)22-17(24)13-14(21-26-16(13)18(22)25)15(23)9-4-2-1-3-5-9/h1-8,13,16H/t13-,16+/m0/s1. The van der Waals surface area contributed by atoms with E-state index in [1.54, 1.807) is 36.4 Å². The first kappa shape index (κ1) is 16.8. The minimum atomic E-state index is -1.18. The quantitative estimate of drug-likeness (QED) is 0.597. The molecule has 2 aromatic rings. The maximum absolute atomic E-state index is 12.9. The van der Waals surface area contributed by atoms with Gasteiger partial charge in [-0.25, -0.2) is 4.90 Å². The molecule has 0 aliphatic carbocycles. The van der Waals surface area contributed by atoms with Crippen LogP contribution in [0.4, 0.5) is 5.69 Å². The summed E-state index contributed by atoms with van der Waals surface area (Å²) in [5.41, 5.74) is 0.411. The molecule has 4 rings (SSSR count). The van der Waals surface area contributed by atoms with Crippen LogP contribution in [0.2, 0.25) is 10.0 Å². The number of Topliss-reactive ketones (excluding diaryl/α,β-unsaturated/α-hetero) is 1. The van der Waals surface area contributed by atoms with Gasteiger partial charge >= 0.3 is 0 Å². The molecule has 2 atom stereocenters. The highest BCUT2D eigenvalue weighted by Crippen LogP contribution is 2.38. The minimum absolute atomic E-state index is 0.0970. The molecular weight excluding hydrogens is 379 g/mol. The SMILES string of the molecule is O=C(C1=NO[C@H]2C(=O)N(c3cc(Cl)ccc3Cl)C(=O)[C@@H]12)c1ccccc1. The molecule has 0 unspecified atom stereocenters. The lowest BCUT2D eigenvalue weighted by atomic mass is 9.93. The number of carbonyl (C=O) groups excluding carboxylic acids is 3. The Morgan fingerprint density at radius 2 is 1.77 bits per heavy atom. The van der Waals surface area contributed by atoms with Crippen LogP contribution in [0, 0.1) is 5.92 Å². The number of imide groups is 1. The minimum Gasteiger partial charge on any atom is -0.381 e. The topological polar surface area (TPSA) is 76.0 Å².